The van der Waals surface area contributed by atoms with Gasteiger partial charge in [-0.2, -0.15) is 0 Å². The van der Waals surface area contributed by atoms with Crippen LogP contribution in [0.1, 0.15) is 33.1 Å². The van der Waals surface area contributed by atoms with Crippen LogP contribution < -0.4 is 11.1 Å². The van der Waals surface area contributed by atoms with Gasteiger partial charge in [0, 0.05) is 19.5 Å². The zero-order valence-electron chi connectivity index (χ0n) is 11.4. The summed E-state index contributed by atoms with van der Waals surface area (Å²) in [6, 6.07) is 0. The normalized spacial score (nSPS) is 17.8. The van der Waals surface area contributed by atoms with Crippen molar-refractivity contribution in [2.75, 3.05) is 26.2 Å². The van der Waals surface area contributed by atoms with Crippen LogP contribution in [0.4, 0.5) is 0 Å². The quantitative estimate of drug-likeness (QED) is 0.719. The molecule has 0 aromatic heterocycles. The fourth-order valence-corrected chi connectivity index (χ4v) is 2.34. The predicted octanol–water partition coefficient (Wildman–Crippen LogP) is 0.346. The van der Waals surface area contributed by atoms with Crippen LogP contribution in [0.3, 0.4) is 0 Å². The second kappa shape index (κ2) is 7.36. The minimum absolute atomic E-state index is 0.0584. The smallest absolute Gasteiger partial charge is 0.239 e. The SMILES string of the molecule is CC(C)C(CCN)CCC(=O)N1CCNC(=O)C1. The molecule has 0 aromatic carbocycles. The van der Waals surface area contributed by atoms with E-state index < -0.39 is 0 Å². The van der Waals surface area contributed by atoms with Crippen molar-refractivity contribution in [3.63, 3.8) is 0 Å². The molecule has 1 aliphatic heterocycles. The van der Waals surface area contributed by atoms with E-state index in [1.807, 2.05) is 0 Å². The van der Waals surface area contributed by atoms with Crippen LogP contribution in [0.15, 0.2) is 0 Å². The van der Waals surface area contributed by atoms with Crippen molar-refractivity contribution < 1.29 is 9.59 Å². The molecule has 104 valence electrons. The first-order chi connectivity index (χ1) is 8.54. The van der Waals surface area contributed by atoms with Crippen molar-refractivity contribution in [1.29, 1.82) is 0 Å². The number of carbonyl (C=O) groups is 2. The first-order valence-corrected chi connectivity index (χ1v) is 6.79. The van der Waals surface area contributed by atoms with E-state index >= 15 is 0 Å². The number of nitrogens with zero attached hydrogens (tertiary/aromatic N) is 1. The molecular formula is C13H25N3O2. The Morgan fingerprint density at radius 1 is 1.44 bits per heavy atom. The largest absolute Gasteiger partial charge is 0.353 e. The highest BCUT2D eigenvalue weighted by molar-refractivity contribution is 5.85. The molecule has 18 heavy (non-hydrogen) atoms. The van der Waals surface area contributed by atoms with Gasteiger partial charge in [0.15, 0.2) is 0 Å². The molecule has 1 fully saturated rings. The molecular weight excluding hydrogens is 230 g/mol. The van der Waals surface area contributed by atoms with Crippen LogP contribution in [-0.2, 0) is 9.59 Å². The van der Waals surface area contributed by atoms with E-state index in [1.165, 1.54) is 0 Å². The molecule has 0 bridgehead atoms. The summed E-state index contributed by atoms with van der Waals surface area (Å²) >= 11 is 0. The Kier molecular flexibility index (Phi) is 6.12. The van der Waals surface area contributed by atoms with Crippen LogP contribution in [0.2, 0.25) is 0 Å². The highest BCUT2D eigenvalue weighted by Crippen LogP contribution is 2.20. The number of nitrogens with one attached hydrogen (secondary N) is 1. The highest BCUT2D eigenvalue weighted by Gasteiger charge is 2.22. The Labute approximate surface area is 109 Å². The van der Waals surface area contributed by atoms with Crippen molar-refractivity contribution in [1.82, 2.24) is 10.2 Å². The van der Waals surface area contributed by atoms with Gasteiger partial charge >= 0.3 is 0 Å². The summed E-state index contributed by atoms with van der Waals surface area (Å²) in [5.41, 5.74) is 5.59. The second-order valence-electron chi connectivity index (χ2n) is 5.29. The number of carbonyl (C=O) groups excluding carboxylic acids is 2. The number of amides is 2. The summed E-state index contributed by atoms with van der Waals surface area (Å²) in [5, 5.41) is 2.72. The maximum atomic E-state index is 12.0. The van der Waals surface area contributed by atoms with Crippen molar-refractivity contribution in [3.05, 3.63) is 0 Å². The first kappa shape index (κ1) is 15.0. The number of nitrogens with two attached hydrogens (primary N) is 1. The summed E-state index contributed by atoms with van der Waals surface area (Å²) in [6.45, 7) is 6.41. The maximum absolute atomic E-state index is 12.0. The molecule has 1 rings (SSSR count). The number of hydrogen-bond acceptors (Lipinski definition) is 3. The Morgan fingerprint density at radius 3 is 2.72 bits per heavy atom. The van der Waals surface area contributed by atoms with E-state index in [9.17, 15) is 9.59 Å². The highest BCUT2D eigenvalue weighted by atomic mass is 16.2. The van der Waals surface area contributed by atoms with E-state index in [2.05, 4.69) is 19.2 Å². The molecule has 1 unspecified atom stereocenters. The first-order valence-electron chi connectivity index (χ1n) is 6.79. The standard InChI is InChI=1S/C13H25N3O2/c1-10(2)11(5-6-14)3-4-13(18)16-8-7-15-12(17)9-16/h10-11H,3-9,14H2,1-2H3,(H,15,17). The number of piperazine rings is 1. The lowest BCUT2D eigenvalue weighted by molar-refractivity contribution is -0.138. The third kappa shape index (κ3) is 4.64. The maximum Gasteiger partial charge on any atom is 0.239 e. The summed E-state index contributed by atoms with van der Waals surface area (Å²) < 4.78 is 0. The van der Waals surface area contributed by atoms with Crippen molar-refractivity contribution in [2.24, 2.45) is 17.6 Å². The minimum atomic E-state index is -0.0584. The molecule has 5 nitrogen and oxygen atoms in total. The van der Waals surface area contributed by atoms with Gasteiger partial charge in [0.05, 0.1) is 6.54 Å². The van der Waals surface area contributed by atoms with Crippen molar-refractivity contribution in [2.45, 2.75) is 33.1 Å². The molecule has 3 N–H and O–H groups in total. The van der Waals surface area contributed by atoms with Crippen LogP contribution >= 0.6 is 0 Å². The third-order valence-corrected chi connectivity index (χ3v) is 3.60. The minimum Gasteiger partial charge on any atom is -0.353 e. The van der Waals surface area contributed by atoms with Crippen LogP contribution in [0.25, 0.3) is 0 Å². The second-order valence-corrected chi connectivity index (χ2v) is 5.29. The Bertz CT molecular complexity index is 292. The lowest BCUT2D eigenvalue weighted by Crippen LogP contribution is -2.50. The van der Waals surface area contributed by atoms with Crippen molar-refractivity contribution >= 4 is 11.8 Å². The van der Waals surface area contributed by atoms with Crippen LogP contribution in [0, 0.1) is 11.8 Å². The van der Waals surface area contributed by atoms with Crippen LogP contribution in [0.5, 0.6) is 0 Å². The monoisotopic (exact) mass is 255 g/mol. The molecule has 0 aliphatic carbocycles. The van der Waals surface area contributed by atoms with Crippen molar-refractivity contribution in [3.8, 4) is 0 Å². The van der Waals surface area contributed by atoms with E-state index in [1.54, 1.807) is 4.90 Å². The van der Waals surface area contributed by atoms with Crippen LogP contribution in [-0.4, -0.2) is 42.9 Å². The van der Waals surface area contributed by atoms with Gasteiger partial charge in [0.2, 0.25) is 11.8 Å². The fourth-order valence-electron chi connectivity index (χ4n) is 2.34. The summed E-state index contributed by atoms with van der Waals surface area (Å²) in [6.07, 6.45) is 2.35. The van der Waals surface area contributed by atoms with E-state index in [0.717, 1.165) is 12.8 Å². The molecule has 1 saturated heterocycles. The molecule has 0 radical (unpaired) electrons. The zero-order chi connectivity index (χ0) is 13.5. The van der Waals surface area contributed by atoms with E-state index in [-0.39, 0.29) is 18.4 Å². The fraction of sp³-hybridized carbons (Fsp3) is 0.846. The lowest BCUT2D eigenvalue weighted by Gasteiger charge is -2.28. The van der Waals surface area contributed by atoms with E-state index in [4.69, 9.17) is 5.73 Å². The lowest BCUT2D eigenvalue weighted by atomic mass is 9.88. The molecule has 0 aromatic rings. The zero-order valence-corrected chi connectivity index (χ0v) is 11.4. The molecule has 1 heterocycles. The topological polar surface area (TPSA) is 75.4 Å². The molecule has 5 heteroatoms. The van der Waals surface area contributed by atoms with Gasteiger partial charge in [0.1, 0.15) is 0 Å². The van der Waals surface area contributed by atoms with E-state index in [0.29, 0.717) is 37.9 Å². The van der Waals surface area contributed by atoms with Gasteiger partial charge in [0.25, 0.3) is 0 Å². The number of rotatable bonds is 6. The summed E-state index contributed by atoms with van der Waals surface area (Å²) in [5.74, 6) is 1.08. The average molecular weight is 255 g/mol. The molecule has 1 aliphatic rings. The van der Waals surface area contributed by atoms with Gasteiger partial charge in [-0.15, -0.1) is 0 Å². The molecule has 0 saturated carbocycles. The number of hydrogen-bond donors (Lipinski definition) is 2. The Balaban J connectivity index is 2.36. The van der Waals surface area contributed by atoms with Gasteiger partial charge in [-0.05, 0) is 31.2 Å². The summed E-state index contributed by atoms with van der Waals surface area (Å²) in [7, 11) is 0. The predicted molar refractivity (Wildman–Crippen MR) is 70.8 cm³/mol. The van der Waals surface area contributed by atoms with Gasteiger partial charge in [-0.25, -0.2) is 0 Å². The molecule has 0 spiro atoms. The Morgan fingerprint density at radius 2 is 2.17 bits per heavy atom. The molecule has 2 amide bonds. The Hall–Kier alpha value is -1.10. The summed E-state index contributed by atoms with van der Waals surface area (Å²) in [4.78, 5) is 24.8. The van der Waals surface area contributed by atoms with Gasteiger partial charge in [-0.3, -0.25) is 9.59 Å². The van der Waals surface area contributed by atoms with Gasteiger partial charge < -0.3 is 16.0 Å². The average Bonchev–Trinajstić information content (AvgIpc) is 2.33. The van der Waals surface area contributed by atoms with Gasteiger partial charge in [-0.1, -0.05) is 13.8 Å². The molecule has 1 atom stereocenters. The third-order valence-electron chi connectivity index (χ3n) is 3.60.